The molecule has 2 aliphatic rings. The Morgan fingerprint density at radius 1 is 0.809 bits per heavy atom. The summed E-state index contributed by atoms with van der Waals surface area (Å²) in [5.41, 5.74) is 6.60. The summed E-state index contributed by atoms with van der Waals surface area (Å²) in [6.45, 7) is 9.67. The van der Waals surface area contributed by atoms with Crippen molar-refractivity contribution in [3.8, 4) is 0 Å². The first-order valence-electron chi connectivity index (χ1n) is 23.1. The quantitative estimate of drug-likeness (QED) is 0.0345. The Balaban J connectivity index is 1.41. The van der Waals surface area contributed by atoms with Crippen LogP contribution in [-0.2, 0) is 59.6 Å². The van der Waals surface area contributed by atoms with Crippen LogP contribution in [0.25, 0.3) is 0 Å². The number of guanidine groups is 1. The number of nitrogens with two attached hydrogens (primary N) is 1. The molecule has 2 aromatic rings. The summed E-state index contributed by atoms with van der Waals surface area (Å²) in [5, 5.41) is 10.4. The van der Waals surface area contributed by atoms with Crippen LogP contribution in [0.1, 0.15) is 116 Å². The van der Waals surface area contributed by atoms with Gasteiger partial charge >= 0.3 is 18.0 Å². The van der Waals surface area contributed by atoms with E-state index in [0.717, 1.165) is 43.2 Å². The van der Waals surface area contributed by atoms with Gasteiger partial charge in [-0.15, -0.1) is 0 Å². The van der Waals surface area contributed by atoms with Gasteiger partial charge < -0.3 is 46.1 Å². The van der Waals surface area contributed by atoms with Gasteiger partial charge in [0, 0.05) is 19.5 Å². The molecule has 0 bridgehead atoms. The lowest BCUT2D eigenvalue weighted by atomic mass is 9.98. The minimum absolute atomic E-state index is 0.0200. The van der Waals surface area contributed by atoms with Gasteiger partial charge in [0.2, 0.25) is 29.6 Å². The third-order valence-corrected chi connectivity index (χ3v) is 12.5. The first-order valence-corrected chi connectivity index (χ1v) is 24.6. The van der Waals surface area contributed by atoms with Gasteiger partial charge in [-0.3, -0.25) is 29.0 Å². The molecule has 0 radical (unpaired) electrons. The van der Waals surface area contributed by atoms with E-state index in [-0.39, 0.29) is 62.8 Å². The molecule has 2 aromatic carbocycles. The van der Waals surface area contributed by atoms with Crippen molar-refractivity contribution in [2.45, 2.75) is 166 Å². The Morgan fingerprint density at radius 3 is 2.15 bits per heavy atom. The number of benzene rings is 2. The lowest BCUT2D eigenvalue weighted by molar-refractivity contribution is -0.151. The maximum absolute atomic E-state index is 14.1. The minimum atomic E-state index is -4.03. The molecule has 2 fully saturated rings. The Bertz CT molecular complexity index is 2200. The number of carbonyl (C=O) groups excluding carboxylic acids is 7. The maximum Gasteiger partial charge on any atom is 0.408 e. The zero-order chi connectivity index (χ0) is 50.0. The summed E-state index contributed by atoms with van der Waals surface area (Å²) in [6, 6.07) is 9.12. The number of carbonyl (C=O) groups is 7. The molecule has 21 heteroatoms. The molecular formula is C47H68N8O12S. The lowest BCUT2D eigenvalue weighted by Gasteiger charge is -2.30. The highest BCUT2D eigenvalue weighted by Gasteiger charge is 2.39. The standard InChI is InChI=1S/C47H68N8O12S/c1-30-21-23-35(24-22-30)68(63,64)54-45(48)49-27-13-19-36(41(58)51-32(3)44(61)65-29-33-15-9-7-10-16-33)52-40(57)31(2)50-42(59)38-20-14-28-55(38)43(60)37(53-46(62)67-47(4,5)6)25-26-39(56)66-34-17-11-8-12-18-34/h7,9-10,15-16,21-24,31-32,34,36-38H,8,11-14,17-20,25-29H2,1-6H3,(H,50,59)(H,51,58)(H,52,57)(H,53,62)(H3,48,49,54)/t31-,32-,36+,37-,38+/m1/s1. The summed E-state index contributed by atoms with van der Waals surface area (Å²) < 4.78 is 44.2. The molecule has 4 rings (SSSR count). The molecule has 374 valence electrons. The average Bonchev–Trinajstić information content (AvgIpc) is 3.78. The van der Waals surface area contributed by atoms with E-state index < -0.39 is 93.5 Å². The number of sulfonamides is 1. The molecule has 1 saturated carbocycles. The molecule has 0 aromatic heterocycles. The fraction of sp³-hybridized carbons (Fsp3) is 0.574. The van der Waals surface area contributed by atoms with Crippen molar-refractivity contribution < 1.29 is 56.2 Å². The molecule has 5 amide bonds. The van der Waals surface area contributed by atoms with Gasteiger partial charge in [0.25, 0.3) is 10.0 Å². The number of likely N-dealkylation sites (tertiary alicyclic amines) is 1. The third-order valence-electron chi connectivity index (χ3n) is 11.1. The molecule has 0 unspecified atom stereocenters. The molecule has 0 spiro atoms. The van der Waals surface area contributed by atoms with Gasteiger partial charge in [-0.2, -0.15) is 0 Å². The molecule has 1 heterocycles. The van der Waals surface area contributed by atoms with Gasteiger partial charge in [-0.1, -0.05) is 54.4 Å². The van der Waals surface area contributed by atoms with E-state index in [4.69, 9.17) is 19.9 Å². The van der Waals surface area contributed by atoms with Crippen LogP contribution in [0.5, 0.6) is 0 Å². The molecule has 20 nitrogen and oxygen atoms in total. The number of rotatable bonds is 21. The summed E-state index contributed by atoms with van der Waals surface area (Å²) in [7, 11) is -4.03. The second-order valence-corrected chi connectivity index (χ2v) is 19.8. The van der Waals surface area contributed by atoms with Crippen LogP contribution in [0.4, 0.5) is 4.79 Å². The number of hydrogen-bond acceptors (Lipinski definition) is 13. The third kappa shape index (κ3) is 18.1. The fourth-order valence-electron chi connectivity index (χ4n) is 7.51. The summed E-state index contributed by atoms with van der Waals surface area (Å²) in [5.74, 6) is -4.44. The van der Waals surface area contributed by atoms with E-state index in [0.29, 0.717) is 6.42 Å². The molecular weight excluding hydrogens is 901 g/mol. The van der Waals surface area contributed by atoms with Crippen LogP contribution >= 0.6 is 0 Å². The maximum atomic E-state index is 14.1. The van der Waals surface area contributed by atoms with Gasteiger partial charge in [0.15, 0.2) is 0 Å². The highest BCUT2D eigenvalue weighted by atomic mass is 32.2. The second-order valence-electron chi connectivity index (χ2n) is 18.1. The zero-order valence-corrected chi connectivity index (χ0v) is 40.7. The zero-order valence-electron chi connectivity index (χ0n) is 39.8. The van der Waals surface area contributed by atoms with Crippen LogP contribution in [0, 0.1) is 6.92 Å². The number of hydrogen-bond donors (Lipinski definition) is 6. The van der Waals surface area contributed by atoms with Crippen molar-refractivity contribution in [2.75, 3.05) is 13.1 Å². The second kappa shape index (κ2) is 25.8. The van der Waals surface area contributed by atoms with Crippen LogP contribution in [0.2, 0.25) is 0 Å². The Morgan fingerprint density at radius 2 is 1.49 bits per heavy atom. The SMILES string of the molecule is Cc1ccc(S(=O)(=O)NC(N)=NCCC[C@H](NC(=O)[C@@H](C)NC(=O)[C@@H]2CCCN2C(=O)[C@@H](CCC(=O)OC2CCCCC2)NC(=O)OC(C)(C)C)C(=O)N[C@H](C)C(=O)OCc2ccccc2)cc1. The highest BCUT2D eigenvalue weighted by Crippen LogP contribution is 2.23. The average molecular weight is 969 g/mol. The number of nitrogens with zero attached hydrogens (tertiary/aromatic N) is 2. The van der Waals surface area contributed by atoms with Crippen LogP contribution in [0.15, 0.2) is 64.5 Å². The highest BCUT2D eigenvalue weighted by molar-refractivity contribution is 7.90. The summed E-state index contributed by atoms with van der Waals surface area (Å²) in [4.78, 5) is 99.2. The Kier molecular flexibility index (Phi) is 20.6. The van der Waals surface area contributed by atoms with E-state index in [1.54, 1.807) is 57.2 Å². The van der Waals surface area contributed by atoms with Gasteiger partial charge in [0.1, 0.15) is 48.5 Å². The van der Waals surface area contributed by atoms with Gasteiger partial charge in [-0.05, 0) is 117 Å². The molecule has 7 N–H and O–H groups in total. The summed E-state index contributed by atoms with van der Waals surface area (Å²) in [6.07, 6.45) is 3.88. The largest absolute Gasteiger partial charge is 0.462 e. The van der Waals surface area contributed by atoms with Gasteiger partial charge in [0.05, 0.1) is 4.90 Å². The number of aryl methyl sites for hydroxylation is 1. The smallest absolute Gasteiger partial charge is 0.408 e. The minimum Gasteiger partial charge on any atom is -0.462 e. The van der Waals surface area contributed by atoms with Crippen molar-refractivity contribution in [3.63, 3.8) is 0 Å². The van der Waals surface area contributed by atoms with E-state index in [1.165, 1.54) is 30.9 Å². The van der Waals surface area contributed by atoms with Crippen molar-refractivity contribution in [2.24, 2.45) is 10.7 Å². The first-order chi connectivity index (χ1) is 32.1. The summed E-state index contributed by atoms with van der Waals surface area (Å²) >= 11 is 0. The number of nitrogens with one attached hydrogen (secondary N) is 5. The molecule has 1 aliphatic carbocycles. The van der Waals surface area contributed by atoms with Gasteiger partial charge in [-0.25, -0.2) is 22.7 Å². The van der Waals surface area contributed by atoms with Crippen LogP contribution in [-0.4, -0.2) is 116 Å². The normalized spacial score (nSPS) is 17.4. The van der Waals surface area contributed by atoms with E-state index in [2.05, 4.69) is 31.0 Å². The molecule has 1 saturated heterocycles. The molecule has 68 heavy (non-hydrogen) atoms. The predicted octanol–water partition coefficient (Wildman–Crippen LogP) is 3.15. The number of aliphatic imine (C=N–C) groups is 1. The van der Waals surface area contributed by atoms with E-state index in [1.807, 2.05) is 13.0 Å². The monoisotopic (exact) mass is 968 g/mol. The number of esters is 2. The molecule has 1 aliphatic heterocycles. The molecule has 5 atom stereocenters. The number of alkyl carbamates (subject to hydrolysis) is 1. The Hall–Kier alpha value is -6.25. The van der Waals surface area contributed by atoms with E-state index >= 15 is 0 Å². The van der Waals surface area contributed by atoms with Crippen LogP contribution < -0.4 is 31.7 Å². The van der Waals surface area contributed by atoms with Crippen molar-refractivity contribution in [3.05, 3.63) is 65.7 Å². The predicted molar refractivity (Wildman–Crippen MR) is 251 cm³/mol. The number of ether oxygens (including phenoxy) is 3. The van der Waals surface area contributed by atoms with Crippen molar-refractivity contribution in [1.29, 1.82) is 0 Å². The number of amides is 5. The topological polar surface area (TPSA) is 283 Å². The van der Waals surface area contributed by atoms with Crippen molar-refractivity contribution >= 4 is 57.6 Å². The fourth-order valence-corrected chi connectivity index (χ4v) is 8.46. The van der Waals surface area contributed by atoms with Crippen molar-refractivity contribution in [1.82, 2.24) is 30.9 Å². The van der Waals surface area contributed by atoms with Crippen LogP contribution in [0.3, 0.4) is 0 Å². The Labute approximate surface area is 398 Å². The lowest BCUT2D eigenvalue weighted by Crippen LogP contribution is -2.58. The van der Waals surface area contributed by atoms with E-state index in [9.17, 15) is 42.0 Å². The first kappa shape index (κ1) is 54.4.